The van der Waals surface area contributed by atoms with Crippen LogP contribution in [-0.2, 0) is 12.8 Å². The Bertz CT molecular complexity index is 421. The van der Waals surface area contributed by atoms with Crippen molar-refractivity contribution in [1.29, 1.82) is 0 Å². The summed E-state index contributed by atoms with van der Waals surface area (Å²) in [6, 6.07) is 0. The molecule has 0 aromatic carbocycles. The monoisotopic (exact) mass is 286 g/mol. The molecule has 0 amide bonds. The van der Waals surface area contributed by atoms with Gasteiger partial charge in [-0.2, -0.15) is 0 Å². The molecule has 0 bridgehead atoms. The van der Waals surface area contributed by atoms with Crippen LogP contribution in [0, 0.1) is 11.8 Å². The number of carbonyl (C=O) groups excluding carboxylic acids is 1. The Hall–Kier alpha value is -0.610. The van der Waals surface area contributed by atoms with Gasteiger partial charge in [0.2, 0.25) is 0 Å². The highest BCUT2D eigenvalue weighted by atomic mass is 35.5. The molecule has 0 radical (unpaired) electrons. The van der Waals surface area contributed by atoms with Crippen LogP contribution in [0.2, 0.25) is 0 Å². The van der Waals surface area contributed by atoms with Gasteiger partial charge in [0.1, 0.15) is 5.03 Å². The van der Waals surface area contributed by atoms with E-state index in [1.54, 1.807) is 6.20 Å². The quantitative estimate of drug-likeness (QED) is 0.597. The molecule has 1 rings (SSSR count). The lowest BCUT2D eigenvalue weighted by atomic mass is 10.1. The maximum Gasteiger partial charge on any atom is 0.285 e. The van der Waals surface area contributed by atoms with Crippen molar-refractivity contribution >= 4 is 27.9 Å². The normalized spacial score (nSPS) is 11.3. The summed E-state index contributed by atoms with van der Waals surface area (Å²) < 4.78 is -0.462. The standard InChI is InChI=1S/C13H19ClN2OS/c1-8(2)5-10-7-15-11(6-9(3)4)12(16-10)18-13(14)17/h7-9H,5-6H2,1-4H3. The van der Waals surface area contributed by atoms with E-state index < -0.39 is 4.57 Å². The molecule has 0 saturated heterocycles. The van der Waals surface area contributed by atoms with E-state index in [-0.39, 0.29) is 0 Å². The Morgan fingerprint density at radius 3 is 2.39 bits per heavy atom. The van der Waals surface area contributed by atoms with Crippen LogP contribution in [-0.4, -0.2) is 14.5 Å². The van der Waals surface area contributed by atoms with E-state index in [4.69, 9.17) is 11.6 Å². The zero-order valence-electron chi connectivity index (χ0n) is 11.2. The molecule has 1 heterocycles. The predicted molar refractivity (Wildman–Crippen MR) is 76.2 cm³/mol. The lowest BCUT2D eigenvalue weighted by molar-refractivity contribution is 0.276. The first-order valence-electron chi connectivity index (χ1n) is 6.10. The van der Waals surface area contributed by atoms with Crippen molar-refractivity contribution in [2.75, 3.05) is 0 Å². The molecule has 100 valence electrons. The van der Waals surface area contributed by atoms with Crippen molar-refractivity contribution in [2.24, 2.45) is 11.8 Å². The Morgan fingerprint density at radius 2 is 1.89 bits per heavy atom. The van der Waals surface area contributed by atoms with E-state index in [2.05, 4.69) is 37.7 Å². The third-order valence-electron chi connectivity index (χ3n) is 2.26. The molecule has 0 fully saturated rings. The molecular formula is C13H19ClN2OS. The van der Waals surface area contributed by atoms with Gasteiger partial charge in [-0.3, -0.25) is 9.78 Å². The predicted octanol–water partition coefficient (Wildman–Crippen LogP) is 4.32. The van der Waals surface area contributed by atoms with Gasteiger partial charge in [-0.25, -0.2) is 4.98 Å². The zero-order chi connectivity index (χ0) is 13.7. The molecule has 3 nitrogen and oxygen atoms in total. The summed E-state index contributed by atoms with van der Waals surface area (Å²) in [4.78, 5) is 20.0. The molecule has 0 aliphatic rings. The van der Waals surface area contributed by atoms with Crippen molar-refractivity contribution in [1.82, 2.24) is 9.97 Å². The zero-order valence-corrected chi connectivity index (χ0v) is 12.8. The Morgan fingerprint density at radius 1 is 1.28 bits per heavy atom. The summed E-state index contributed by atoms with van der Waals surface area (Å²) in [6.45, 7) is 8.48. The fourth-order valence-corrected chi connectivity index (χ4v) is 2.42. The number of rotatable bonds is 5. The maximum atomic E-state index is 11.0. The van der Waals surface area contributed by atoms with Crippen molar-refractivity contribution in [3.05, 3.63) is 17.6 Å². The minimum Gasteiger partial charge on any atom is -0.268 e. The van der Waals surface area contributed by atoms with Gasteiger partial charge in [0.05, 0.1) is 11.4 Å². The number of carbonyl (C=O) groups is 1. The average Bonchev–Trinajstić information content (AvgIpc) is 2.19. The van der Waals surface area contributed by atoms with Gasteiger partial charge in [-0.15, -0.1) is 0 Å². The summed E-state index contributed by atoms with van der Waals surface area (Å²) in [7, 11) is 0. The Labute approximate surface area is 118 Å². The van der Waals surface area contributed by atoms with Crippen LogP contribution < -0.4 is 0 Å². The third kappa shape index (κ3) is 5.36. The summed E-state index contributed by atoms with van der Waals surface area (Å²) in [6.07, 6.45) is 3.47. The van der Waals surface area contributed by atoms with Gasteiger partial charge in [-0.05, 0) is 48.0 Å². The van der Waals surface area contributed by atoms with Crippen LogP contribution in [0.25, 0.3) is 0 Å². The number of hydrogen-bond donors (Lipinski definition) is 0. The van der Waals surface area contributed by atoms with Crippen molar-refractivity contribution in [3.63, 3.8) is 0 Å². The fourth-order valence-electron chi connectivity index (χ4n) is 1.63. The summed E-state index contributed by atoms with van der Waals surface area (Å²) in [5.41, 5.74) is 1.77. The molecule has 5 heteroatoms. The smallest absolute Gasteiger partial charge is 0.268 e. The van der Waals surface area contributed by atoms with Gasteiger partial charge < -0.3 is 0 Å². The topological polar surface area (TPSA) is 42.9 Å². The summed E-state index contributed by atoms with van der Waals surface area (Å²) in [5, 5.41) is 0.654. The van der Waals surface area contributed by atoms with Gasteiger partial charge in [0, 0.05) is 6.20 Å². The van der Waals surface area contributed by atoms with Crippen LogP contribution >= 0.6 is 23.4 Å². The summed E-state index contributed by atoms with van der Waals surface area (Å²) >= 11 is 6.40. The van der Waals surface area contributed by atoms with Gasteiger partial charge in [0.15, 0.2) is 0 Å². The Balaban J connectivity index is 2.99. The van der Waals surface area contributed by atoms with E-state index in [9.17, 15) is 4.79 Å². The molecule has 0 N–H and O–H groups in total. The number of thioether (sulfide) groups is 1. The van der Waals surface area contributed by atoms with Crippen LogP contribution in [0.5, 0.6) is 0 Å². The molecule has 0 spiro atoms. The molecule has 1 aromatic heterocycles. The van der Waals surface area contributed by atoms with Crippen LogP contribution in [0.3, 0.4) is 0 Å². The summed E-state index contributed by atoms with van der Waals surface area (Å²) in [5.74, 6) is 0.986. The first kappa shape index (κ1) is 15.4. The SMILES string of the molecule is CC(C)Cc1cnc(CC(C)C)c(SC(=O)Cl)n1. The molecule has 0 saturated carbocycles. The minimum atomic E-state index is -0.462. The van der Waals surface area contributed by atoms with E-state index >= 15 is 0 Å². The van der Waals surface area contributed by atoms with E-state index in [1.807, 2.05) is 0 Å². The second-order valence-corrected chi connectivity index (χ2v) is 6.68. The maximum absolute atomic E-state index is 11.0. The third-order valence-corrected chi connectivity index (χ3v) is 3.17. The van der Waals surface area contributed by atoms with Gasteiger partial charge in [0.25, 0.3) is 4.57 Å². The van der Waals surface area contributed by atoms with E-state index in [0.717, 1.165) is 36.0 Å². The van der Waals surface area contributed by atoms with Crippen molar-refractivity contribution in [2.45, 2.75) is 45.6 Å². The molecule has 0 aliphatic carbocycles. The molecule has 0 unspecified atom stereocenters. The highest BCUT2D eigenvalue weighted by Gasteiger charge is 2.13. The van der Waals surface area contributed by atoms with E-state index in [0.29, 0.717) is 16.9 Å². The molecule has 18 heavy (non-hydrogen) atoms. The Kier molecular flexibility index (Phi) is 6.09. The minimum absolute atomic E-state index is 0.462. The molecule has 1 aromatic rings. The lowest BCUT2D eigenvalue weighted by Gasteiger charge is -2.10. The number of nitrogens with zero attached hydrogens (tertiary/aromatic N) is 2. The van der Waals surface area contributed by atoms with Crippen molar-refractivity contribution in [3.8, 4) is 0 Å². The molecular weight excluding hydrogens is 268 g/mol. The van der Waals surface area contributed by atoms with Gasteiger partial charge in [-0.1, -0.05) is 27.7 Å². The highest BCUT2D eigenvalue weighted by molar-refractivity contribution is 8.16. The first-order valence-corrected chi connectivity index (χ1v) is 7.30. The van der Waals surface area contributed by atoms with Gasteiger partial charge >= 0.3 is 0 Å². The van der Waals surface area contributed by atoms with E-state index in [1.165, 1.54) is 0 Å². The molecule has 0 atom stereocenters. The second-order valence-electron chi connectivity index (χ2n) is 5.15. The highest BCUT2D eigenvalue weighted by Crippen LogP contribution is 2.24. The number of hydrogen-bond acceptors (Lipinski definition) is 4. The average molecular weight is 287 g/mol. The van der Waals surface area contributed by atoms with Crippen LogP contribution in [0.1, 0.15) is 39.1 Å². The lowest BCUT2D eigenvalue weighted by Crippen LogP contribution is -2.06. The van der Waals surface area contributed by atoms with Crippen LogP contribution in [0.15, 0.2) is 11.2 Å². The number of halogens is 1. The fraction of sp³-hybridized carbons (Fsp3) is 0.615. The largest absolute Gasteiger partial charge is 0.285 e. The molecule has 0 aliphatic heterocycles. The van der Waals surface area contributed by atoms with Crippen molar-refractivity contribution < 1.29 is 4.79 Å². The van der Waals surface area contributed by atoms with Crippen LogP contribution in [0.4, 0.5) is 4.79 Å². The number of aromatic nitrogens is 2. The second kappa shape index (κ2) is 7.10. The first-order chi connectivity index (χ1) is 8.38.